The van der Waals surface area contributed by atoms with Gasteiger partial charge in [-0.15, -0.1) is 0 Å². The first-order chi connectivity index (χ1) is 9.85. The highest BCUT2D eigenvalue weighted by atomic mass is 79.9. The van der Waals surface area contributed by atoms with Crippen molar-refractivity contribution in [2.75, 3.05) is 7.11 Å². The summed E-state index contributed by atoms with van der Waals surface area (Å²) in [7, 11) is 1.18. The van der Waals surface area contributed by atoms with Gasteiger partial charge in [-0.2, -0.15) is 5.10 Å². The zero-order valence-corrected chi connectivity index (χ0v) is 14.1. The van der Waals surface area contributed by atoms with E-state index < -0.39 is 11.4 Å². The van der Waals surface area contributed by atoms with Crippen LogP contribution in [0.1, 0.15) is 16.1 Å². The Morgan fingerprint density at radius 1 is 1.33 bits per heavy atom. The maximum atomic E-state index is 11.9. The van der Waals surface area contributed by atoms with Crippen LogP contribution in [-0.4, -0.2) is 22.9 Å². The smallest absolute Gasteiger partial charge is 0.362 e. The van der Waals surface area contributed by atoms with E-state index >= 15 is 0 Å². The standard InChI is InChI=1S/C13H9BrCl2N2O3/c1-6-5-18(17-10(12(6)19)13(20)21-2)11-8(15)3-7(14)4-9(11)16/h3-5H,1-2H3. The summed E-state index contributed by atoms with van der Waals surface area (Å²) in [6, 6.07) is 3.27. The van der Waals surface area contributed by atoms with Crippen LogP contribution in [0.5, 0.6) is 0 Å². The molecule has 0 aliphatic carbocycles. The summed E-state index contributed by atoms with van der Waals surface area (Å²) in [5.41, 5.74) is -0.134. The van der Waals surface area contributed by atoms with Gasteiger partial charge < -0.3 is 4.74 Å². The lowest BCUT2D eigenvalue weighted by Crippen LogP contribution is -2.24. The number of aromatic nitrogens is 2. The number of methoxy groups -OCH3 is 1. The lowest BCUT2D eigenvalue weighted by Gasteiger charge is -2.12. The van der Waals surface area contributed by atoms with Crippen LogP contribution in [0.3, 0.4) is 0 Å². The number of hydrogen-bond donors (Lipinski definition) is 0. The number of benzene rings is 1. The molecule has 0 atom stereocenters. The van der Waals surface area contributed by atoms with Crippen molar-refractivity contribution in [2.45, 2.75) is 6.92 Å². The molecule has 0 saturated heterocycles. The molecule has 0 saturated carbocycles. The highest BCUT2D eigenvalue weighted by molar-refractivity contribution is 9.10. The van der Waals surface area contributed by atoms with Gasteiger partial charge >= 0.3 is 5.97 Å². The fraction of sp³-hybridized carbons (Fsp3) is 0.154. The molecule has 2 aromatic rings. The first-order valence-electron chi connectivity index (χ1n) is 5.69. The number of esters is 1. The van der Waals surface area contributed by atoms with Crippen LogP contribution in [0.15, 0.2) is 27.6 Å². The molecule has 0 aliphatic heterocycles. The van der Waals surface area contributed by atoms with Crippen LogP contribution in [-0.2, 0) is 4.74 Å². The number of carbonyl (C=O) groups is 1. The normalized spacial score (nSPS) is 10.5. The highest BCUT2D eigenvalue weighted by Crippen LogP contribution is 2.31. The van der Waals surface area contributed by atoms with E-state index in [0.717, 1.165) is 0 Å². The molecule has 0 unspecified atom stereocenters. The number of nitrogens with zero attached hydrogens (tertiary/aromatic N) is 2. The molecule has 21 heavy (non-hydrogen) atoms. The summed E-state index contributed by atoms with van der Waals surface area (Å²) in [4.78, 5) is 23.5. The Hall–Kier alpha value is -1.37. The van der Waals surface area contributed by atoms with Crippen LogP contribution in [0.4, 0.5) is 0 Å². The van der Waals surface area contributed by atoms with Gasteiger partial charge in [-0.25, -0.2) is 9.48 Å². The fourth-order valence-electron chi connectivity index (χ4n) is 1.71. The van der Waals surface area contributed by atoms with E-state index in [0.29, 0.717) is 25.8 Å². The molecule has 0 radical (unpaired) electrons. The van der Waals surface area contributed by atoms with Gasteiger partial charge in [-0.3, -0.25) is 4.79 Å². The molecule has 110 valence electrons. The van der Waals surface area contributed by atoms with Gasteiger partial charge in [-0.05, 0) is 19.1 Å². The summed E-state index contributed by atoms with van der Waals surface area (Å²) in [5.74, 6) is -0.818. The van der Waals surface area contributed by atoms with E-state index in [1.54, 1.807) is 19.1 Å². The van der Waals surface area contributed by atoms with Crippen molar-refractivity contribution in [3.63, 3.8) is 0 Å². The maximum Gasteiger partial charge on any atom is 0.362 e. The van der Waals surface area contributed by atoms with Crippen molar-refractivity contribution >= 4 is 45.1 Å². The van der Waals surface area contributed by atoms with Crippen LogP contribution in [0.25, 0.3) is 5.69 Å². The van der Waals surface area contributed by atoms with E-state index in [2.05, 4.69) is 25.8 Å². The summed E-state index contributed by atoms with van der Waals surface area (Å²) in [5, 5.41) is 4.61. The monoisotopic (exact) mass is 390 g/mol. The quantitative estimate of drug-likeness (QED) is 0.736. The van der Waals surface area contributed by atoms with Crippen LogP contribution in [0.2, 0.25) is 10.0 Å². The van der Waals surface area contributed by atoms with Gasteiger partial charge in [0.05, 0.1) is 17.2 Å². The van der Waals surface area contributed by atoms with Gasteiger partial charge in [0, 0.05) is 16.2 Å². The van der Waals surface area contributed by atoms with Crippen molar-refractivity contribution < 1.29 is 9.53 Å². The molecule has 8 heteroatoms. The van der Waals surface area contributed by atoms with Crippen LogP contribution in [0, 0.1) is 6.92 Å². The van der Waals surface area contributed by atoms with Crippen molar-refractivity contribution in [1.29, 1.82) is 0 Å². The minimum Gasteiger partial charge on any atom is -0.464 e. The van der Waals surface area contributed by atoms with Gasteiger partial charge in [0.15, 0.2) is 0 Å². The Morgan fingerprint density at radius 2 is 1.90 bits per heavy atom. The maximum absolute atomic E-state index is 11.9. The minimum absolute atomic E-state index is 0.320. The predicted molar refractivity (Wildman–Crippen MR) is 83.6 cm³/mol. The lowest BCUT2D eigenvalue weighted by molar-refractivity contribution is 0.0590. The number of aryl methyl sites for hydroxylation is 1. The average molecular weight is 392 g/mol. The Kier molecular flexibility index (Phi) is 4.70. The SMILES string of the molecule is COC(=O)c1nn(-c2c(Cl)cc(Br)cc2Cl)cc(C)c1=O. The number of hydrogen-bond acceptors (Lipinski definition) is 4. The zero-order chi connectivity index (χ0) is 15.7. The average Bonchev–Trinajstić information content (AvgIpc) is 2.40. The molecule has 1 aromatic heterocycles. The van der Waals surface area contributed by atoms with Crippen molar-refractivity contribution in [2.24, 2.45) is 0 Å². The van der Waals surface area contributed by atoms with E-state index in [-0.39, 0.29) is 5.69 Å². The van der Waals surface area contributed by atoms with Crippen LogP contribution >= 0.6 is 39.1 Å². The van der Waals surface area contributed by atoms with Crippen molar-refractivity contribution in [3.05, 3.63) is 54.3 Å². The predicted octanol–water partition coefficient (Wildman–Crippen LogP) is 3.40. The van der Waals surface area contributed by atoms with E-state index in [1.165, 1.54) is 18.0 Å². The number of halogens is 3. The zero-order valence-electron chi connectivity index (χ0n) is 11.0. The number of carbonyl (C=O) groups excluding carboxylic acids is 1. The molecule has 1 heterocycles. The van der Waals surface area contributed by atoms with E-state index in [9.17, 15) is 9.59 Å². The lowest BCUT2D eigenvalue weighted by atomic mass is 10.2. The molecule has 0 fully saturated rings. The molecule has 0 aliphatic rings. The minimum atomic E-state index is -0.818. The summed E-state index contributed by atoms with van der Waals surface area (Å²) in [6.07, 6.45) is 1.45. The van der Waals surface area contributed by atoms with E-state index in [1.807, 2.05) is 0 Å². The van der Waals surface area contributed by atoms with Crippen molar-refractivity contribution in [1.82, 2.24) is 9.78 Å². The third-order valence-corrected chi connectivity index (χ3v) is 3.72. The number of rotatable bonds is 2. The molecule has 1 aromatic carbocycles. The van der Waals surface area contributed by atoms with Gasteiger partial charge in [0.1, 0.15) is 5.69 Å². The highest BCUT2D eigenvalue weighted by Gasteiger charge is 2.18. The van der Waals surface area contributed by atoms with E-state index in [4.69, 9.17) is 23.2 Å². The Morgan fingerprint density at radius 3 is 2.43 bits per heavy atom. The molecular formula is C13H9BrCl2N2O3. The van der Waals surface area contributed by atoms with Gasteiger partial charge in [0.2, 0.25) is 11.1 Å². The third-order valence-electron chi connectivity index (χ3n) is 2.69. The summed E-state index contributed by atoms with van der Waals surface area (Å²) >= 11 is 15.6. The Bertz CT molecular complexity index is 766. The molecule has 0 spiro atoms. The van der Waals surface area contributed by atoms with Gasteiger partial charge in [-0.1, -0.05) is 39.1 Å². The topological polar surface area (TPSA) is 61.2 Å². The number of ether oxygens (including phenoxy) is 1. The molecular weight excluding hydrogens is 383 g/mol. The van der Waals surface area contributed by atoms with Crippen LogP contribution < -0.4 is 5.43 Å². The Balaban J connectivity index is 2.74. The molecule has 0 bridgehead atoms. The van der Waals surface area contributed by atoms with Gasteiger partial charge in [0.25, 0.3) is 0 Å². The second-order valence-corrected chi connectivity index (χ2v) is 5.87. The largest absolute Gasteiger partial charge is 0.464 e. The second-order valence-electron chi connectivity index (χ2n) is 4.14. The first kappa shape index (κ1) is 16.0. The fourth-order valence-corrected chi connectivity index (χ4v) is 3.09. The molecule has 0 N–H and O–H groups in total. The summed E-state index contributed by atoms with van der Waals surface area (Å²) < 4.78 is 6.55. The third kappa shape index (κ3) is 3.12. The first-order valence-corrected chi connectivity index (χ1v) is 7.24. The molecule has 0 amide bonds. The second kappa shape index (κ2) is 6.17. The molecule has 2 rings (SSSR count). The Labute approximate surface area is 138 Å². The van der Waals surface area contributed by atoms with Crippen molar-refractivity contribution in [3.8, 4) is 5.69 Å². The summed E-state index contributed by atoms with van der Waals surface area (Å²) in [6.45, 7) is 1.56. The molecule has 5 nitrogen and oxygen atoms in total.